The Bertz CT molecular complexity index is 981. The van der Waals surface area contributed by atoms with Crippen LogP contribution in [0.1, 0.15) is 51.6 Å². The summed E-state index contributed by atoms with van der Waals surface area (Å²) in [5.41, 5.74) is 2.71. The second-order valence-corrected chi connectivity index (χ2v) is 6.15. The number of carbonyl (C=O) groups excluding carboxylic acids is 2. The van der Waals surface area contributed by atoms with E-state index in [-0.39, 0.29) is 11.7 Å². The summed E-state index contributed by atoms with van der Waals surface area (Å²) in [5, 5.41) is 6.79. The van der Waals surface area contributed by atoms with Crippen molar-refractivity contribution in [3.05, 3.63) is 65.3 Å². The van der Waals surface area contributed by atoms with Gasteiger partial charge >= 0.3 is 0 Å². The van der Waals surface area contributed by atoms with Crippen molar-refractivity contribution < 1.29 is 14.1 Å². The van der Waals surface area contributed by atoms with Gasteiger partial charge in [-0.2, -0.15) is 4.98 Å². The van der Waals surface area contributed by atoms with E-state index in [2.05, 4.69) is 20.4 Å². The molecule has 1 aromatic carbocycles. The van der Waals surface area contributed by atoms with Gasteiger partial charge in [-0.25, -0.2) is 0 Å². The quantitative estimate of drug-likeness (QED) is 0.778. The first-order valence-corrected chi connectivity index (χ1v) is 8.33. The molecule has 0 fully saturated rings. The van der Waals surface area contributed by atoms with E-state index in [1.165, 1.54) is 0 Å². The van der Waals surface area contributed by atoms with Crippen molar-refractivity contribution >= 4 is 11.7 Å². The average molecular weight is 348 g/mol. The zero-order valence-corrected chi connectivity index (χ0v) is 14.1. The number of rotatable bonds is 4. The van der Waals surface area contributed by atoms with Crippen molar-refractivity contribution in [3.63, 3.8) is 0 Å². The molecule has 1 aliphatic rings. The van der Waals surface area contributed by atoms with Crippen LogP contribution >= 0.6 is 0 Å². The Morgan fingerprint density at radius 3 is 2.92 bits per heavy atom. The van der Waals surface area contributed by atoms with Gasteiger partial charge in [-0.15, -0.1) is 0 Å². The summed E-state index contributed by atoms with van der Waals surface area (Å²) < 4.78 is 5.27. The molecule has 130 valence electrons. The van der Waals surface area contributed by atoms with E-state index in [9.17, 15) is 9.59 Å². The van der Waals surface area contributed by atoms with Gasteiger partial charge in [-0.05, 0) is 37.1 Å². The number of hydrogen-bond donors (Lipinski definition) is 1. The van der Waals surface area contributed by atoms with Gasteiger partial charge in [0, 0.05) is 35.5 Å². The first kappa shape index (κ1) is 16.1. The minimum Gasteiger partial charge on any atom is -0.341 e. The SMILES string of the molecule is CC(NC(=O)c1cccc2c1CCC2=O)c1nc(-c2cccnc2)no1. The highest BCUT2D eigenvalue weighted by molar-refractivity contribution is 6.05. The fraction of sp³-hybridized carbons (Fsp3) is 0.211. The van der Waals surface area contributed by atoms with Crippen LogP contribution in [-0.2, 0) is 6.42 Å². The smallest absolute Gasteiger partial charge is 0.252 e. The molecule has 0 aliphatic heterocycles. The first-order chi connectivity index (χ1) is 12.6. The van der Waals surface area contributed by atoms with Crippen molar-refractivity contribution in [2.45, 2.75) is 25.8 Å². The van der Waals surface area contributed by atoms with E-state index >= 15 is 0 Å². The Labute approximate surface area is 149 Å². The van der Waals surface area contributed by atoms with Gasteiger partial charge in [0.25, 0.3) is 5.91 Å². The molecule has 1 amide bonds. The lowest BCUT2D eigenvalue weighted by Crippen LogP contribution is -2.27. The van der Waals surface area contributed by atoms with Crippen LogP contribution in [0.3, 0.4) is 0 Å². The van der Waals surface area contributed by atoms with E-state index in [1.807, 2.05) is 6.07 Å². The van der Waals surface area contributed by atoms with Gasteiger partial charge in [-0.1, -0.05) is 17.3 Å². The highest BCUT2D eigenvalue weighted by atomic mass is 16.5. The molecule has 1 N–H and O–H groups in total. The van der Waals surface area contributed by atoms with E-state index in [0.29, 0.717) is 35.7 Å². The minimum absolute atomic E-state index is 0.0840. The fourth-order valence-electron chi connectivity index (χ4n) is 3.06. The van der Waals surface area contributed by atoms with Crippen LogP contribution in [0.2, 0.25) is 0 Å². The molecule has 1 atom stereocenters. The molecule has 1 unspecified atom stereocenters. The Balaban J connectivity index is 1.52. The summed E-state index contributed by atoms with van der Waals surface area (Å²) in [7, 11) is 0. The van der Waals surface area contributed by atoms with Crippen LogP contribution in [0.15, 0.2) is 47.2 Å². The molecule has 1 aliphatic carbocycles. The molecule has 0 bridgehead atoms. The molecule has 0 radical (unpaired) electrons. The largest absolute Gasteiger partial charge is 0.341 e. The van der Waals surface area contributed by atoms with Gasteiger partial charge < -0.3 is 9.84 Å². The second-order valence-electron chi connectivity index (χ2n) is 6.15. The van der Waals surface area contributed by atoms with Gasteiger partial charge in [0.15, 0.2) is 5.78 Å². The van der Waals surface area contributed by atoms with Crippen molar-refractivity contribution in [2.75, 3.05) is 0 Å². The fourth-order valence-corrected chi connectivity index (χ4v) is 3.06. The first-order valence-electron chi connectivity index (χ1n) is 8.33. The number of benzene rings is 1. The van der Waals surface area contributed by atoms with Gasteiger partial charge in [0.05, 0.1) is 0 Å². The molecular weight excluding hydrogens is 332 g/mol. The Hall–Kier alpha value is -3.35. The molecule has 3 aromatic rings. The van der Waals surface area contributed by atoms with Crippen molar-refractivity contribution in [3.8, 4) is 11.4 Å². The lowest BCUT2D eigenvalue weighted by molar-refractivity contribution is 0.0931. The number of amides is 1. The number of nitrogens with one attached hydrogen (secondary N) is 1. The topological polar surface area (TPSA) is 98.0 Å². The third-order valence-electron chi connectivity index (χ3n) is 4.40. The maximum atomic E-state index is 12.6. The van der Waals surface area contributed by atoms with Crippen molar-refractivity contribution in [1.29, 1.82) is 0 Å². The average Bonchev–Trinajstić information content (AvgIpc) is 3.30. The number of fused-ring (bicyclic) bond motifs is 1. The molecule has 0 spiro atoms. The zero-order chi connectivity index (χ0) is 18.1. The standard InChI is InChI=1S/C19H16N4O3/c1-11(19-22-17(23-26-19)12-4-3-9-20-10-12)21-18(25)15-6-2-5-14-13(15)7-8-16(14)24/h2-6,9-11H,7-8H2,1H3,(H,21,25). The van der Waals surface area contributed by atoms with Gasteiger partial charge in [-0.3, -0.25) is 14.6 Å². The number of aromatic nitrogens is 3. The van der Waals surface area contributed by atoms with Crippen LogP contribution in [0, 0.1) is 0 Å². The Morgan fingerprint density at radius 2 is 2.12 bits per heavy atom. The summed E-state index contributed by atoms with van der Waals surface area (Å²) in [6.45, 7) is 1.77. The van der Waals surface area contributed by atoms with Crippen LogP contribution in [0.4, 0.5) is 0 Å². The number of Topliss-reactive ketones (excluding diaryl/α,β-unsaturated/α-hetero) is 1. The molecule has 7 heteroatoms. The molecule has 7 nitrogen and oxygen atoms in total. The van der Waals surface area contributed by atoms with Crippen LogP contribution in [0.5, 0.6) is 0 Å². The van der Waals surface area contributed by atoms with Crippen molar-refractivity contribution in [2.24, 2.45) is 0 Å². The predicted molar refractivity (Wildman–Crippen MR) is 92.5 cm³/mol. The lowest BCUT2D eigenvalue weighted by Gasteiger charge is -2.12. The third kappa shape index (κ3) is 2.88. The lowest BCUT2D eigenvalue weighted by atomic mass is 10.0. The molecule has 4 rings (SSSR count). The normalized spacial score (nSPS) is 14.1. The third-order valence-corrected chi connectivity index (χ3v) is 4.40. The molecular formula is C19H16N4O3. The van der Waals surface area contributed by atoms with E-state index in [4.69, 9.17) is 4.52 Å². The predicted octanol–water partition coefficient (Wildman–Crippen LogP) is 2.75. The summed E-state index contributed by atoms with van der Waals surface area (Å²) in [6.07, 6.45) is 4.35. The van der Waals surface area contributed by atoms with Gasteiger partial charge in [0.2, 0.25) is 11.7 Å². The highest BCUT2D eigenvalue weighted by Crippen LogP contribution is 2.26. The van der Waals surface area contributed by atoms with E-state index < -0.39 is 6.04 Å². The van der Waals surface area contributed by atoms with E-state index in [0.717, 1.165) is 11.1 Å². The minimum atomic E-state index is -0.464. The van der Waals surface area contributed by atoms with Crippen LogP contribution in [-0.4, -0.2) is 26.8 Å². The molecule has 26 heavy (non-hydrogen) atoms. The molecule has 2 aromatic heterocycles. The number of ketones is 1. The monoisotopic (exact) mass is 348 g/mol. The summed E-state index contributed by atoms with van der Waals surface area (Å²) in [4.78, 5) is 32.8. The zero-order valence-electron chi connectivity index (χ0n) is 14.1. The summed E-state index contributed by atoms with van der Waals surface area (Å²) >= 11 is 0. The van der Waals surface area contributed by atoms with E-state index in [1.54, 1.807) is 43.6 Å². The van der Waals surface area contributed by atoms with Crippen molar-refractivity contribution in [1.82, 2.24) is 20.4 Å². The van der Waals surface area contributed by atoms with Gasteiger partial charge in [0.1, 0.15) is 6.04 Å². The molecule has 0 saturated heterocycles. The maximum absolute atomic E-state index is 12.6. The Kier molecular flexibility index (Phi) is 4.04. The molecule has 0 saturated carbocycles. The maximum Gasteiger partial charge on any atom is 0.252 e. The number of hydrogen-bond acceptors (Lipinski definition) is 6. The van der Waals surface area contributed by atoms with Crippen LogP contribution in [0.25, 0.3) is 11.4 Å². The number of nitrogens with zero attached hydrogens (tertiary/aromatic N) is 3. The summed E-state index contributed by atoms with van der Waals surface area (Å²) in [5.74, 6) is 0.548. The Morgan fingerprint density at radius 1 is 1.23 bits per heavy atom. The second kappa shape index (κ2) is 6.51. The van der Waals surface area contributed by atoms with Crippen LogP contribution < -0.4 is 5.32 Å². The number of pyridine rings is 1. The summed E-state index contributed by atoms with van der Waals surface area (Å²) in [6, 6.07) is 8.38. The number of carbonyl (C=O) groups is 2. The molecule has 2 heterocycles. The highest BCUT2D eigenvalue weighted by Gasteiger charge is 2.26.